The van der Waals surface area contributed by atoms with E-state index in [2.05, 4.69) is 26.1 Å². The van der Waals surface area contributed by atoms with Gasteiger partial charge in [-0.1, -0.05) is 23.2 Å². The van der Waals surface area contributed by atoms with Gasteiger partial charge in [-0.15, -0.1) is 0 Å². The highest BCUT2D eigenvalue weighted by Gasteiger charge is 2.07. The van der Waals surface area contributed by atoms with Gasteiger partial charge in [0, 0.05) is 15.6 Å². The van der Waals surface area contributed by atoms with Crippen molar-refractivity contribution in [1.29, 1.82) is 0 Å². The smallest absolute Gasteiger partial charge is 0.0439 e. The standard InChI is InChI=1S/C14H21Cl2N/c1-14(2,3)17-9-5-4-6-11-10-12(15)7-8-13(11)16/h7-8,10,17H,4-6,9H2,1-3H3. The molecule has 1 aromatic rings. The molecule has 0 spiro atoms. The van der Waals surface area contributed by atoms with Crippen LogP contribution in [0.2, 0.25) is 10.0 Å². The van der Waals surface area contributed by atoms with Gasteiger partial charge in [-0.3, -0.25) is 0 Å². The molecule has 0 radical (unpaired) electrons. The van der Waals surface area contributed by atoms with Crippen LogP contribution < -0.4 is 5.32 Å². The highest BCUT2D eigenvalue weighted by molar-refractivity contribution is 6.33. The van der Waals surface area contributed by atoms with E-state index in [0.717, 1.165) is 41.4 Å². The first kappa shape index (κ1) is 14.8. The molecular weight excluding hydrogens is 253 g/mol. The predicted molar refractivity (Wildman–Crippen MR) is 77.2 cm³/mol. The Morgan fingerprint density at radius 3 is 2.47 bits per heavy atom. The fourth-order valence-corrected chi connectivity index (χ4v) is 2.05. The number of aryl methyl sites for hydroxylation is 1. The second-order valence-corrected chi connectivity index (χ2v) is 6.21. The Labute approximate surface area is 115 Å². The summed E-state index contributed by atoms with van der Waals surface area (Å²) in [4.78, 5) is 0. The summed E-state index contributed by atoms with van der Waals surface area (Å²) >= 11 is 12.1. The Hall–Kier alpha value is -0.240. The van der Waals surface area contributed by atoms with Crippen molar-refractivity contribution in [3.8, 4) is 0 Å². The van der Waals surface area contributed by atoms with Crippen LogP contribution in [0.1, 0.15) is 39.2 Å². The van der Waals surface area contributed by atoms with Crippen molar-refractivity contribution < 1.29 is 0 Å². The fraction of sp³-hybridized carbons (Fsp3) is 0.571. The number of rotatable bonds is 5. The fourth-order valence-electron chi connectivity index (χ4n) is 1.64. The molecule has 0 saturated heterocycles. The summed E-state index contributed by atoms with van der Waals surface area (Å²) < 4.78 is 0. The third-order valence-corrected chi connectivity index (χ3v) is 3.14. The van der Waals surface area contributed by atoms with E-state index < -0.39 is 0 Å². The highest BCUT2D eigenvalue weighted by atomic mass is 35.5. The lowest BCUT2D eigenvalue weighted by Gasteiger charge is -2.20. The molecule has 96 valence electrons. The van der Waals surface area contributed by atoms with E-state index in [1.165, 1.54) is 0 Å². The molecule has 0 aliphatic rings. The number of unbranched alkanes of at least 4 members (excludes halogenated alkanes) is 1. The third-order valence-electron chi connectivity index (χ3n) is 2.54. The van der Waals surface area contributed by atoms with Crippen molar-refractivity contribution in [2.24, 2.45) is 0 Å². The maximum atomic E-state index is 6.11. The summed E-state index contributed by atoms with van der Waals surface area (Å²) in [6.45, 7) is 7.59. The predicted octanol–water partition coefficient (Wildman–Crippen LogP) is 4.70. The van der Waals surface area contributed by atoms with E-state index in [-0.39, 0.29) is 5.54 Å². The van der Waals surface area contributed by atoms with Gasteiger partial charge in [0.25, 0.3) is 0 Å². The van der Waals surface area contributed by atoms with Crippen LogP contribution in [0.4, 0.5) is 0 Å². The lowest BCUT2D eigenvalue weighted by molar-refractivity contribution is 0.419. The Morgan fingerprint density at radius 1 is 1.12 bits per heavy atom. The zero-order valence-electron chi connectivity index (χ0n) is 10.8. The molecule has 0 bridgehead atoms. The Kier molecular flexibility index (Phi) is 5.78. The molecule has 0 fully saturated rings. The van der Waals surface area contributed by atoms with E-state index in [4.69, 9.17) is 23.2 Å². The van der Waals surface area contributed by atoms with E-state index in [0.29, 0.717) is 0 Å². The molecular formula is C14H21Cl2N. The van der Waals surface area contributed by atoms with Crippen LogP contribution in [0.25, 0.3) is 0 Å². The summed E-state index contributed by atoms with van der Waals surface area (Å²) in [6, 6.07) is 5.66. The molecule has 3 heteroatoms. The largest absolute Gasteiger partial charge is 0.312 e. The molecule has 0 unspecified atom stereocenters. The lowest BCUT2D eigenvalue weighted by atomic mass is 10.1. The molecule has 17 heavy (non-hydrogen) atoms. The van der Waals surface area contributed by atoms with Gasteiger partial charge in [0.1, 0.15) is 0 Å². The second-order valence-electron chi connectivity index (χ2n) is 5.37. The monoisotopic (exact) mass is 273 g/mol. The molecule has 0 amide bonds. The van der Waals surface area contributed by atoms with Crippen molar-refractivity contribution in [3.63, 3.8) is 0 Å². The molecule has 1 N–H and O–H groups in total. The van der Waals surface area contributed by atoms with Gasteiger partial charge >= 0.3 is 0 Å². The average Bonchev–Trinajstić information content (AvgIpc) is 2.21. The van der Waals surface area contributed by atoms with Crippen molar-refractivity contribution in [2.75, 3.05) is 6.54 Å². The van der Waals surface area contributed by atoms with Gasteiger partial charge in [-0.05, 0) is 70.3 Å². The summed E-state index contributed by atoms with van der Waals surface area (Å²) in [5.74, 6) is 0. The number of hydrogen-bond acceptors (Lipinski definition) is 1. The normalized spacial score (nSPS) is 11.8. The Balaban J connectivity index is 2.29. The van der Waals surface area contributed by atoms with E-state index >= 15 is 0 Å². The first-order chi connectivity index (χ1) is 7.88. The van der Waals surface area contributed by atoms with Gasteiger partial charge in [0.2, 0.25) is 0 Å². The SMILES string of the molecule is CC(C)(C)NCCCCc1cc(Cl)ccc1Cl. The summed E-state index contributed by atoms with van der Waals surface area (Å²) in [6.07, 6.45) is 3.27. The summed E-state index contributed by atoms with van der Waals surface area (Å²) in [5.41, 5.74) is 1.35. The maximum absolute atomic E-state index is 6.11. The van der Waals surface area contributed by atoms with Gasteiger partial charge in [-0.25, -0.2) is 0 Å². The molecule has 0 saturated carbocycles. The Bertz CT molecular complexity index is 356. The Morgan fingerprint density at radius 2 is 1.82 bits per heavy atom. The number of nitrogens with one attached hydrogen (secondary N) is 1. The molecule has 0 aromatic heterocycles. The first-order valence-corrected chi connectivity index (χ1v) is 6.83. The number of halogens is 2. The van der Waals surface area contributed by atoms with Crippen LogP contribution in [0.15, 0.2) is 18.2 Å². The third kappa shape index (κ3) is 6.30. The maximum Gasteiger partial charge on any atom is 0.0439 e. The van der Waals surface area contributed by atoms with Gasteiger partial charge in [0.05, 0.1) is 0 Å². The van der Waals surface area contributed by atoms with Crippen LogP contribution in [0, 0.1) is 0 Å². The van der Waals surface area contributed by atoms with E-state index in [9.17, 15) is 0 Å². The number of benzene rings is 1. The van der Waals surface area contributed by atoms with Gasteiger partial charge in [-0.2, -0.15) is 0 Å². The minimum absolute atomic E-state index is 0.202. The minimum Gasteiger partial charge on any atom is -0.312 e. The molecule has 1 aromatic carbocycles. The van der Waals surface area contributed by atoms with E-state index in [1.807, 2.05) is 18.2 Å². The quantitative estimate of drug-likeness (QED) is 0.767. The van der Waals surface area contributed by atoms with Crippen LogP contribution in [0.3, 0.4) is 0 Å². The molecule has 0 atom stereocenters. The first-order valence-electron chi connectivity index (χ1n) is 6.07. The van der Waals surface area contributed by atoms with E-state index in [1.54, 1.807) is 0 Å². The van der Waals surface area contributed by atoms with Crippen LogP contribution in [-0.4, -0.2) is 12.1 Å². The zero-order valence-corrected chi connectivity index (χ0v) is 12.3. The summed E-state index contributed by atoms with van der Waals surface area (Å²) in [5, 5.41) is 5.05. The lowest BCUT2D eigenvalue weighted by Crippen LogP contribution is -2.36. The molecule has 0 aliphatic carbocycles. The topological polar surface area (TPSA) is 12.0 Å². The zero-order chi connectivity index (χ0) is 12.9. The number of hydrogen-bond donors (Lipinski definition) is 1. The average molecular weight is 274 g/mol. The van der Waals surface area contributed by atoms with Crippen molar-refractivity contribution >= 4 is 23.2 Å². The van der Waals surface area contributed by atoms with Crippen molar-refractivity contribution in [2.45, 2.75) is 45.6 Å². The molecule has 1 rings (SSSR count). The molecule has 1 nitrogen and oxygen atoms in total. The van der Waals surface area contributed by atoms with Gasteiger partial charge < -0.3 is 5.32 Å². The molecule has 0 heterocycles. The van der Waals surface area contributed by atoms with Crippen molar-refractivity contribution in [3.05, 3.63) is 33.8 Å². The molecule has 0 aliphatic heterocycles. The van der Waals surface area contributed by atoms with Crippen LogP contribution in [-0.2, 0) is 6.42 Å². The second kappa shape index (κ2) is 6.63. The van der Waals surface area contributed by atoms with Crippen molar-refractivity contribution in [1.82, 2.24) is 5.32 Å². The highest BCUT2D eigenvalue weighted by Crippen LogP contribution is 2.22. The minimum atomic E-state index is 0.202. The van der Waals surface area contributed by atoms with Crippen LogP contribution >= 0.6 is 23.2 Å². The van der Waals surface area contributed by atoms with Crippen LogP contribution in [0.5, 0.6) is 0 Å². The van der Waals surface area contributed by atoms with Gasteiger partial charge in [0.15, 0.2) is 0 Å². The summed E-state index contributed by atoms with van der Waals surface area (Å²) in [7, 11) is 0.